The van der Waals surface area contributed by atoms with Crippen molar-refractivity contribution in [3.63, 3.8) is 0 Å². The quantitative estimate of drug-likeness (QED) is 0.720. The van der Waals surface area contributed by atoms with Gasteiger partial charge in [0.2, 0.25) is 0 Å². The number of hydrogen-bond donors (Lipinski definition) is 1. The smallest absolute Gasteiger partial charge is 0.119 e. The lowest BCUT2D eigenvalue weighted by atomic mass is 10.2. The molecule has 2 aromatic carbocycles. The second-order valence-corrected chi connectivity index (χ2v) is 7.53. The van der Waals surface area contributed by atoms with Crippen LogP contribution in [-0.2, 0) is 17.8 Å². The minimum Gasteiger partial charge on any atom is -0.491 e. The van der Waals surface area contributed by atoms with Gasteiger partial charge in [-0.2, -0.15) is 0 Å². The van der Waals surface area contributed by atoms with Gasteiger partial charge in [0.05, 0.1) is 6.61 Å². The van der Waals surface area contributed by atoms with E-state index < -0.39 is 6.10 Å². The first-order chi connectivity index (χ1) is 13.7. The fraction of sp³-hybridized carbons (Fsp3) is 0.478. The van der Waals surface area contributed by atoms with Gasteiger partial charge in [0.15, 0.2) is 0 Å². The molecule has 0 aromatic heterocycles. The fourth-order valence-corrected chi connectivity index (χ4v) is 3.47. The van der Waals surface area contributed by atoms with E-state index in [-0.39, 0.29) is 0 Å². The first-order valence-electron chi connectivity index (χ1n) is 10.1. The van der Waals surface area contributed by atoms with Crippen LogP contribution in [0.25, 0.3) is 0 Å². The van der Waals surface area contributed by atoms with E-state index >= 15 is 0 Å². The van der Waals surface area contributed by atoms with Crippen molar-refractivity contribution in [2.24, 2.45) is 0 Å². The predicted octanol–water partition coefficient (Wildman–Crippen LogP) is 2.78. The second kappa shape index (κ2) is 11.2. The van der Waals surface area contributed by atoms with Crippen molar-refractivity contribution >= 4 is 0 Å². The normalized spacial score (nSPS) is 16.7. The maximum Gasteiger partial charge on any atom is 0.119 e. The van der Waals surface area contributed by atoms with Gasteiger partial charge in [-0.1, -0.05) is 42.5 Å². The molecular formula is C23H32N2O3. The van der Waals surface area contributed by atoms with Gasteiger partial charge < -0.3 is 14.6 Å². The molecule has 0 bridgehead atoms. The Bertz CT molecular complexity index is 670. The van der Waals surface area contributed by atoms with Crippen LogP contribution in [0.1, 0.15) is 17.5 Å². The Labute approximate surface area is 168 Å². The van der Waals surface area contributed by atoms with Gasteiger partial charge >= 0.3 is 0 Å². The molecule has 0 radical (unpaired) electrons. The Hall–Kier alpha value is -1.92. The van der Waals surface area contributed by atoms with Crippen LogP contribution < -0.4 is 4.74 Å². The Morgan fingerprint density at radius 2 is 1.82 bits per heavy atom. The van der Waals surface area contributed by atoms with Crippen LogP contribution in [0.5, 0.6) is 5.75 Å². The van der Waals surface area contributed by atoms with E-state index in [1.165, 1.54) is 11.1 Å². The second-order valence-electron chi connectivity index (χ2n) is 7.53. The number of ether oxygens (including phenoxy) is 2. The minimum absolute atomic E-state index is 0.294. The third-order valence-corrected chi connectivity index (χ3v) is 4.90. The molecule has 1 aliphatic rings. The molecule has 1 N–H and O–H groups in total. The standard InChI is InChI=1S/C23H32N2O3/c1-24(16-20-6-3-2-4-7-20)18-22(26)19-28-23-10-8-21(9-11-23)17-25-12-5-14-27-15-13-25/h2-4,6-11,22,26H,5,12-19H2,1H3. The van der Waals surface area contributed by atoms with Gasteiger partial charge in [0, 0.05) is 39.3 Å². The average Bonchev–Trinajstić information content (AvgIpc) is 2.97. The molecule has 1 aliphatic heterocycles. The van der Waals surface area contributed by atoms with Crippen LogP contribution >= 0.6 is 0 Å². The Morgan fingerprint density at radius 3 is 2.61 bits per heavy atom. The maximum atomic E-state index is 10.3. The lowest BCUT2D eigenvalue weighted by Gasteiger charge is -2.21. The summed E-state index contributed by atoms with van der Waals surface area (Å²) in [4.78, 5) is 4.53. The van der Waals surface area contributed by atoms with Gasteiger partial charge in [-0.15, -0.1) is 0 Å². The van der Waals surface area contributed by atoms with Gasteiger partial charge in [-0.25, -0.2) is 0 Å². The zero-order chi connectivity index (χ0) is 19.6. The number of likely N-dealkylation sites (N-methyl/N-ethyl adjacent to an activating group) is 1. The molecule has 152 valence electrons. The Morgan fingerprint density at radius 1 is 1.04 bits per heavy atom. The van der Waals surface area contributed by atoms with Gasteiger partial charge in [0.25, 0.3) is 0 Å². The molecule has 1 saturated heterocycles. The molecule has 5 nitrogen and oxygen atoms in total. The summed E-state index contributed by atoms with van der Waals surface area (Å²) in [7, 11) is 2.01. The first kappa shape index (κ1) is 20.8. The lowest BCUT2D eigenvalue weighted by molar-refractivity contribution is 0.0744. The number of aliphatic hydroxyl groups is 1. The van der Waals surface area contributed by atoms with Crippen molar-refractivity contribution in [3.05, 3.63) is 65.7 Å². The summed E-state index contributed by atoms with van der Waals surface area (Å²) in [5.41, 5.74) is 2.52. The summed E-state index contributed by atoms with van der Waals surface area (Å²) in [6.07, 6.45) is 0.572. The van der Waals surface area contributed by atoms with Gasteiger partial charge in [0.1, 0.15) is 18.5 Å². The van der Waals surface area contributed by atoms with Crippen LogP contribution in [0.3, 0.4) is 0 Å². The van der Waals surface area contributed by atoms with E-state index in [2.05, 4.69) is 34.1 Å². The van der Waals surface area contributed by atoms with E-state index in [9.17, 15) is 5.11 Å². The third-order valence-electron chi connectivity index (χ3n) is 4.90. The molecule has 1 unspecified atom stereocenters. The van der Waals surface area contributed by atoms with Crippen LogP contribution in [0.15, 0.2) is 54.6 Å². The van der Waals surface area contributed by atoms with E-state index in [1.54, 1.807) is 0 Å². The SMILES string of the molecule is CN(Cc1ccccc1)CC(O)COc1ccc(CN2CCCOCC2)cc1. The number of aliphatic hydroxyl groups excluding tert-OH is 1. The van der Waals surface area contributed by atoms with Crippen molar-refractivity contribution in [1.82, 2.24) is 9.80 Å². The molecule has 28 heavy (non-hydrogen) atoms. The zero-order valence-electron chi connectivity index (χ0n) is 16.8. The van der Waals surface area contributed by atoms with E-state index in [0.29, 0.717) is 13.2 Å². The highest BCUT2D eigenvalue weighted by Gasteiger charge is 2.11. The average molecular weight is 385 g/mol. The number of nitrogens with zero attached hydrogens (tertiary/aromatic N) is 2. The van der Waals surface area contributed by atoms with Gasteiger partial charge in [-0.05, 0) is 36.7 Å². The molecule has 1 heterocycles. The molecule has 3 rings (SSSR count). The first-order valence-corrected chi connectivity index (χ1v) is 10.1. The van der Waals surface area contributed by atoms with Crippen LogP contribution in [-0.4, -0.2) is 67.5 Å². The highest BCUT2D eigenvalue weighted by Crippen LogP contribution is 2.15. The van der Waals surface area contributed by atoms with Crippen LogP contribution in [0.4, 0.5) is 0 Å². The number of benzene rings is 2. The van der Waals surface area contributed by atoms with Crippen molar-refractivity contribution in [2.45, 2.75) is 25.6 Å². The molecule has 0 amide bonds. The summed E-state index contributed by atoms with van der Waals surface area (Å²) in [5, 5.41) is 10.3. The topological polar surface area (TPSA) is 45.2 Å². The molecule has 2 aromatic rings. The van der Waals surface area contributed by atoms with Crippen molar-refractivity contribution in [3.8, 4) is 5.75 Å². The van der Waals surface area contributed by atoms with Crippen molar-refractivity contribution < 1.29 is 14.6 Å². The van der Waals surface area contributed by atoms with E-state index in [1.807, 2.05) is 37.4 Å². The van der Waals surface area contributed by atoms with Crippen molar-refractivity contribution in [1.29, 1.82) is 0 Å². The van der Waals surface area contributed by atoms with Crippen LogP contribution in [0, 0.1) is 0 Å². The van der Waals surface area contributed by atoms with E-state index in [4.69, 9.17) is 9.47 Å². The summed E-state index contributed by atoms with van der Waals surface area (Å²) < 4.78 is 11.3. The molecule has 0 spiro atoms. The number of rotatable bonds is 9. The molecule has 5 heteroatoms. The number of hydrogen-bond acceptors (Lipinski definition) is 5. The predicted molar refractivity (Wildman–Crippen MR) is 111 cm³/mol. The highest BCUT2D eigenvalue weighted by molar-refractivity contribution is 5.27. The zero-order valence-corrected chi connectivity index (χ0v) is 16.8. The monoisotopic (exact) mass is 384 g/mol. The third kappa shape index (κ3) is 7.24. The summed E-state index contributed by atoms with van der Waals surface area (Å²) in [6.45, 7) is 6.38. The largest absolute Gasteiger partial charge is 0.491 e. The van der Waals surface area contributed by atoms with E-state index in [0.717, 1.165) is 51.6 Å². The molecule has 0 saturated carbocycles. The molecule has 1 fully saturated rings. The minimum atomic E-state index is -0.523. The summed E-state index contributed by atoms with van der Waals surface area (Å²) in [5.74, 6) is 0.799. The molecular weight excluding hydrogens is 352 g/mol. The Balaban J connectivity index is 1.39. The van der Waals surface area contributed by atoms with Crippen LogP contribution in [0.2, 0.25) is 0 Å². The lowest BCUT2D eigenvalue weighted by Crippen LogP contribution is -2.32. The Kier molecular flexibility index (Phi) is 8.30. The summed E-state index contributed by atoms with van der Waals surface area (Å²) >= 11 is 0. The summed E-state index contributed by atoms with van der Waals surface area (Å²) in [6, 6.07) is 18.5. The molecule has 1 atom stereocenters. The van der Waals surface area contributed by atoms with Gasteiger partial charge in [-0.3, -0.25) is 9.80 Å². The van der Waals surface area contributed by atoms with Crippen molar-refractivity contribution in [2.75, 3.05) is 46.5 Å². The maximum absolute atomic E-state index is 10.3. The fourth-order valence-electron chi connectivity index (χ4n) is 3.47. The molecule has 0 aliphatic carbocycles. The highest BCUT2D eigenvalue weighted by atomic mass is 16.5.